The van der Waals surface area contributed by atoms with Crippen LogP contribution < -0.4 is 10.6 Å². The summed E-state index contributed by atoms with van der Waals surface area (Å²) in [7, 11) is 0. The molecule has 1 saturated heterocycles. The predicted octanol–water partition coefficient (Wildman–Crippen LogP) is 2.38. The summed E-state index contributed by atoms with van der Waals surface area (Å²) in [5.41, 5.74) is 3.15. The van der Waals surface area contributed by atoms with Gasteiger partial charge in [0.15, 0.2) is 0 Å². The molecule has 2 N–H and O–H groups in total. The highest BCUT2D eigenvalue weighted by Crippen LogP contribution is 2.28. The van der Waals surface area contributed by atoms with Crippen LogP contribution in [0.4, 0.5) is 0 Å². The Labute approximate surface area is 159 Å². The van der Waals surface area contributed by atoms with Crippen LogP contribution in [0.3, 0.4) is 0 Å². The molecule has 0 radical (unpaired) electrons. The number of benzene rings is 2. The summed E-state index contributed by atoms with van der Waals surface area (Å²) in [4.78, 5) is 13.0. The van der Waals surface area contributed by atoms with Crippen molar-refractivity contribution in [2.24, 2.45) is 5.41 Å². The molecule has 27 heavy (non-hydrogen) atoms. The van der Waals surface area contributed by atoms with Crippen molar-refractivity contribution in [3.63, 3.8) is 0 Å². The summed E-state index contributed by atoms with van der Waals surface area (Å²) in [5.74, 6) is 0.124. The zero-order valence-corrected chi connectivity index (χ0v) is 15.3. The zero-order valence-electron chi connectivity index (χ0n) is 15.3. The van der Waals surface area contributed by atoms with Crippen LogP contribution in [0, 0.1) is 5.41 Å². The molecule has 2 heterocycles. The third-order valence-electron chi connectivity index (χ3n) is 5.24. The van der Waals surface area contributed by atoms with Crippen LogP contribution in [0.15, 0.2) is 73.1 Å². The summed E-state index contributed by atoms with van der Waals surface area (Å²) in [6.45, 7) is 2.69. The van der Waals surface area contributed by atoms with Gasteiger partial charge in [-0.05, 0) is 29.2 Å². The summed E-state index contributed by atoms with van der Waals surface area (Å²) >= 11 is 0. The molecular formula is C22H24N4O. The number of carbonyl (C=O) groups is 1. The topological polar surface area (TPSA) is 59.0 Å². The van der Waals surface area contributed by atoms with Crippen LogP contribution in [0.2, 0.25) is 0 Å². The van der Waals surface area contributed by atoms with Crippen molar-refractivity contribution in [1.82, 2.24) is 20.4 Å². The fraction of sp³-hybridized carbons (Fsp3) is 0.273. The van der Waals surface area contributed by atoms with E-state index in [1.165, 1.54) is 11.1 Å². The fourth-order valence-electron chi connectivity index (χ4n) is 3.59. The van der Waals surface area contributed by atoms with Crippen molar-refractivity contribution in [3.8, 4) is 0 Å². The zero-order chi connectivity index (χ0) is 18.5. The average molecular weight is 360 g/mol. The van der Waals surface area contributed by atoms with Gasteiger partial charge in [0, 0.05) is 32.0 Å². The van der Waals surface area contributed by atoms with E-state index in [1.807, 2.05) is 47.3 Å². The van der Waals surface area contributed by atoms with Crippen LogP contribution in [0.1, 0.15) is 16.7 Å². The molecule has 1 aromatic heterocycles. The Morgan fingerprint density at radius 2 is 1.78 bits per heavy atom. The highest BCUT2D eigenvalue weighted by Gasteiger charge is 2.44. The molecule has 2 aromatic carbocycles. The van der Waals surface area contributed by atoms with Gasteiger partial charge in [-0.2, -0.15) is 5.10 Å². The van der Waals surface area contributed by atoms with Gasteiger partial charge in [0.05, 0.1) is 12.0 Å². The number of nitrogens with zero attached hydrogens (tertiary/aromatic N) is 2. The van der Waals surface area contributed by atoms with Crippen molar-refractivity contribution < 1.29 is 4.79 Å². The van der Waals surface area contributed by atoms with E-state index >= 15 is 0 Å². The van der Waals surface area contributed by atoms with Gasteiger partial charge in [-0.3, -0.25) is 9.48 Å². The molecule has 0 unspecified atom stereocenters. The Morgan fingerprint density at radius 1 is 1.04 bits per heavy atom. The smallest absolute Gasteiger partial charge is 0.229 e. The minimum absolute atomic E-state index is 0.124. The second kappa shape index (κ2) is 7.76. The monoisotopic (exact) mass is 360 g/mol. The lowest BCUT2D eigenvalue weighted by Gasteiger charge is -2.41. The van der Waals surface area contributed by atoms with Crippen molar-refractivity contribution in [2.75, 3.05) is 13.1 Å². The number of hydrogen-bond acceptors (Lipinski definition) is 3. The maximum atomic E-state index is 13.0. The summed E-state index contributed by atoms with van der Waals surface area (Å²) < 4.78 is 1.90. The highest BCUT2D eigenvalue weighted by atomic mass is 16.2. The molecular weight excluding hydrogens is 336 g/mol. The second-order valence-corrected chi connectivity index (χ2v) is 7.20. The van der Waals surface area contributed by atoms with Crippen molar-refractivity contribution >= 4 is 5.91 Å². The van der Waals surface area contributed by atoms with E-state index in [0.717, 1.165) is 25.1 Å². The van der Waals surface area contributed by atoms with Gasteiger partial charge in [-0.1, -0.05) is 54.6 Å². The number of amides is 1. The molecule has 1 aliphatic rings. The normalized spacial score (nSPS) is 15.1. The largest absolute Gasteiger partial charge is 0.351 e. The first-order valence-corrected chi connectivity index (χ1v) is 9.32. The molecule has 5 heteroatoms. The molecule has 1 amide bonds. The molecule has 138 valence electrons. The number of hydrogen-bond donors (Lipinski definition) is 2. The quantitative estimate of drug-likeness (QED) is 0.680. The minimum Gasteiger partial charge on any atom is -0.351 e. The van der Waals surface area contributed by atoms with Crippen LogP contribution in [-0.4, -0.2) is 28.8 Å². The van der Waals surface area contributed by atoms with Crippen LogP contribution in [0.5, 0.6) is 0 Å². The van der Waals surface area contributed by atoms with Gasteiger partial charge in [0.25, 0.3) is 0 Å². The molecule has 4 rings (SSSR count). The van der Waals surface area contributed by atoms with Gasteiger partial charge in [-0.15, -0.1) is 0 Å². The first kappa shape index (κ1) is 17.5. The van der Waals surface area contributed by atoms with Gasteiger partial charge in [-0.25, -0.2) is 0 Å². The number of carbonyl (C=O) groups excluding carboxylic acids is 1. The van der Waals surface area contributed by atoms with E-state index in [0.29, 0.717) is 13.1 Å². The first-order chi connectivity index (χ1) is 13.3. The van der Waals surface area contributed by atoms with E-state index in [-0.39, 0.29) is 11.3 Å². The summed E-state index contributed by atoms with van der Waals surface area (Å²) in [5, 5.41) is 10.7. The van der Waals surface area contributed by atoms with Crippen LogP contribution >= 0.6 is 0 Å². The van der Waals surface area contributed by atoms with Gasteiger partial charge in [0.1, 0.15) is 0 Å². The van der Waals surface area contributed by atoms with Gasteiger partial charge >= 0.3 is 0 Å². The standard InChI is InChI=1S/C22H24N4O/c27-21(22(16-23-17-22)13-18-7-2-1-3-8-18)24-14-19-9-4-5-10-20(19)15-26-12-6-11-25-26/h1-12,23H,13-17H2,(H,24,27). The molecule has 1 aliphatic heterocycles. The third-order valence-corrected chi connectivity index (χ3v) is 5.24. The van der Waals surface area contributed by atoms with Crippen molar-refractivity contribution in [1.29, 1.82) is 0 Å². The number of rotatable bonds is 7. The van der Waals surface area contributed by atoms with E-state index in [9.17, 15) is 4.79 Å². The van der Waals surface area contributed by atoms with Crippen molar-refractivity contribution in [2.45, 2.75) is 19.5 Å². The maximum absolute atomic E-state index is 13.0. The third kappa shape index (κ3) is 3.93. The molecule has 1 fully saturated rings. The summed E-state index contributed by atoms with van der Waals surface area (Å²) in [6.07, 6.45) is 4.49. The van der Waals surface area contributed by atoms with Crippen LogP contribution in [-0.2, 0) is 24.3 Å². The second-order valence-electron chi connectivity index (χ2n) is 7.20. The van der Waals surface area contributed by atoms with E-state index in [1.54, 1.807) is 6.20 Å². The molecule has 0 spiro atoms. The van der Waals surface area contributed by atoms with E-state index in [2.05, 4.69) is 40.0 Å². The minimum atomic E-state index is -0.349. The van der Waals surface area contributed by atoms with Crippen molar-refractivity contribution in [3.05, 3.63) is 89.7 Å². The Bertz CT molecular complexity index is 886. The first-order valence-electron chi connectivity index (χ1n) is 9.32. The Kier molecular flexibility index (Phi) is 5.03. The lowest BCUT2D eigenvalue weighted by atomic mass is 9.75. The van der Waals surface area contributed by atoms with Gasteiger partial charge < -0.3 is 10.6 Å². The summed E-state index contributed by atoms with van der Waals surface area (Å²) in [6, 6.07) is 20.4. The lowest BCUT2D eigenvalue weighted by Crippen LogP contribution is -2.62. The molecule has 5 nitrogen and oxygen atoms in total. The van der Waals surface area contributed by atoms with E-state index in [4.69, 9.17) is 0 Å². The highest BCUT2D eigenvalue weighted by molar-refractivity contribution is 5.84. The van der Waals surface area contributed by atoms with E-state index < -0.39 is 0 Å². The lowest BCUT2D eigenvalue weighted by molar-refractivity contribution is -0.134. The molecule has 3 aromatic rings. The Morgan fingerprint density at radius 3 is 2.44 bits per heavy atom. The number of nitrogens with one attached hydrogen (secondary N) is 2. The SMILES string of the molecule is O=C(NCc1ccccc1Cn1cccn1)C1(Cc2ccccc2)CNC1. The molecule has 0 bridgehead atoms. The average Bonchev–Trinajstić information content (AvgIpc) is 3.18. The Balaban J connectivity index is 1.43. The molecule has 0 aliphatic carbocycles. The predicted molar refractivity (Wildman–Crippen MR) is 105 cm³/mol. The molecule has 0 atom stereocenters. The number of aromatic nitrogens is 2. The van der Waals surface area contributed by atoms with Gasteiger partial charge in [0.2, 0.25) is 5.91 Å². The molecule has 0 saturated carbocycles. The maximum Gasteiger partial charge on any atom is 0.229 e. The van der Waals surface area contributed by atoms with Crippen LogP contribution in [0.25, 0.3) is 0 Å². The Hall–Kier alpha value is -2.92. The fourth-order valence-corrected chi connectivity index (χ4v) is 3.59.